The smallest absolute Gasteiger partial charge is 0.158 e. The number of hydrogen-bond acceptors (Lipinski definition) is 4. The van der Waals surface area contributed by atoms with Crippen LogP contribution < -0.4 is 10.8 Å². The highest BCUT2D eigenvalue weighted by Gasteiger charge is 1.96. The number of nitrogens with zero attached hydrogens (tertiary/aromatic N) is 1. The van der Waals surface area contributed by atoms with Crippen molar-refractivity contribution < 1.29 is 9.90 Å². The summed E-state index contributed by atoms with van der Waals surface area (Å²) in [6.45, 7) is 2.38. The normalized spacial score (nSPS) is 15.5. The van der Waals surface area contributed by atoms with Crippen LogP contribution in [-0.2, 0) is 4.79 Å². The molecule has 0 amide bonds. The molecule has 72 valence electrons. The number of carboxylic acid groups (broad SMARTS) is 1. The fourth-order valence-electron chi connectivity index (χ4n) is 0.510. The third kappa shape index (κ3) is 7.00. The van der Waals surface area contributed by atoms with Crippen molar-refractivity contribution >= 4 is 5.97 Å². The van der Waals surface area contributed by atoms with Crippen molar-refractivity contribution in [2.24, 2.45) is 5.73 Å². The molecule has 0 unspecified atom stereocenters. The molecule has 2 N–H and O–H groups in total. The first-order valence-electron chi connectivity index (χ1n) is 3.95. The van der Waals surface area contributed by atoms with Crippen molar-refractivity contribution in [2.75, 3.05) is 13.6 Å². The lowest BCUT2D eigenvalue weighted by molar-refractivity contribution is -0.306. The predicted molar refractivity (Wildman–Crippen MR) is 48.2 cm³/mol. The highest BCUT2D eigenvalue weighted by Crippen LogP contribution is 1.90. The molecular weight excluding hydrogens is 168 g/mol. The minimum Gasteiger partial charge on any atom is -0.548 e. The van der Waals surface area contributed by atoms with E-state index >= 15 is 0 Å². The molecule has 0 saturated carbocycles. The second-order valence-corrected chi connectivity index (χ2v) is 2.75. The molecule has 4 nitrogen and oxygen atoms in total. The van der Waals surface area contributed by atoms with Crippen LogP contribution in [0.5, 0.6) is 0 Å². The van der Waals surface area contributed by atoms with E-state index < -0.39 is 12.0 Å². The van der Waals surface area contributed by atoms with Gasteiger partial charge in [0, 0.05) is 13.1 Å². The number of rotatable bonds is 1. The third-order valence-electron chi connectivity index (χ3n) is 1.27. The Balaban J connectivity index is 0.000000226. The van der Waals surface area contributed by atoms with Gasteiger partial charge in [0.05, 0.1) is 12.0 Å². The Kier molecular flexibility index (Phi) is 5.52. The first-order valence-corrected chi connectivity index (χ1v) is 3.95. The summed E-state index contributed by atoms with van der Waals surface area (Å²) in [5, 5.41) is 9.46. The number of likely N-dealkylation sites (N-methyl/N-ethyl adjacent to an activating group) is 1. The summed E-state index contributed by atoms with van der Waals surface area (Å²) in [7, 11) is 2.02. The molecule has 0 fully saturated rings. The van der Waals surface area contributed by atoms with E-state index in [-0.39, 0.29) is 0 Å². The van der Waals surface area contributed by atoms with Gasteiger partial charge >= 0.3 is 0 Å². The number of carbonyl (C=O) groups is 1. The lowest BCUT2D eigenvalue weighted by Crippen LogP contribution is -2.39. The molecule has 13 heavy (non-hydrogen) atoms. The van der Waals surface area contributed by atoms with Crippen molar-refractivity contribution in [3.8, 4) is 0 Å². The van der Waals surface area contributed by atoms with E-state index in [1.54, 1.807) is 0 Å². The Bertz CT molecular complexity index is 210. The van der Waals surface area contributed by atoms with Crippen molar-refractivity contribution in [3.63, 3.8) is 0 Å². The molecule has 0 bridgehead atoms. The van der Waals surface area contributed by atoms with Crippen molar-refractivity contribution in [1.82, 2.24) is 4.90 Å². The fourth-order valence-corrected chi connectivity index (χ4v) is 0.510. The standard InChI is InChI=1S/C6H8N.C3H7NO2/c1-7-5-3-2-4-6-7;1-2(4)3(5)6/h2-3,6H,5H2,1H3;2H,4H2,1H3,(H,5,6)/q+1;/p-1/t;2-/m.0/s1. The quantitative estimate of drug-likeness (QED) is 0.522. The van der Waals surface area contributed by atoms with E-state index in [2.05, 4.69) is 17.1 Å². The maximum Gasteiger partial charge on any atom is 0.158 e. The molecule has 0 spiro atoms. The maximum absolute atomic E-state index is 9.46. The molecule has 0 saturated heterocycles. The van der Waals surface area contributed by atoms with Gasteiger partial charge in [-0.1, -0.05) is 0 Å². The van der Waals surface area contributed by atoms with Crippen LogP contribution in [-0.4, -0.2) is 30.5 Å². The van der Waals surface area contributed by atoms with Gasteiger partial charge in [0.15, 0.2) is 6.08 Å². The second-order valence-electron chi connectivity index (χ2n) is 2.75. The summed E-state index contributed by atoms with van der Waals surface area (Å²) >= 11 is 0. The zero-order valence-electron chi connectivity index (χ0n) is 7.86. The van der Waals surface area contributed by atoms with Crippen molar-refractivity contribution in [3.05, 3.63) is 24.4 Å². The Morgan fingerprint density at radius 1 is 1.77 bits per heavy atom. The molecule has 0 aromatic rings. The molecule has 4 heteroatoms. The van der Waals surface area contributed by atoms with Crippen LogP contribution >= 0.6 is 0 Å². The van der Waals surface area contributed by atoms with E-state index in [1.165, 1.54) is 6.92 Å². The van der Waals surface area contributed by atoms with Gasteiger partial charge in [0.25, 0.3) is 0 Å². The highest BCUT2D eigenvalue weighted by molar-refractivity contribution is 5.70. The maximum atomic E-state index is 9.46. The van der Waals surface area contributed by atoms with Gasteiger partial charge in [0.2, 0.25) is 0 Å². The molecular formula is C9H14N2O2. The summed E-state index contributed by atoms with van der Waals surface area (Å²) in [5.41, 5.74) is 4.77. The molecule has 0 aromatic carbocycles. The van der Waals surface area contributed by atoms with E-state index in [0.717, 1.165) is 6.54 Å². The van der Waals surface area contributed by atoms with E-state index in [1.807, 2.05) is 19.3 Å². The van der Waals surface area contributed by atoms with Gasteiger partial charge in [-0.3, -0.25) is 0 Å². The van der Waals surface area contributed by atoms with Crippen LogP contribution in [0.15, 0.2) is 18.4 Å². The van der Waals surface area contributed by atoms with Crippen LogP contribution in [0.2, 0.25) is 0 Å². The first-order chi connectivity index (χ1) is 6.04. The minimum atomic E-state index is -1.21. The monoisotopic (exact) mass is 182 g/mol. The van der Waals surface area contributed by atoms with E-state index in [9.17, 15) is 9.90 Å². The number of hydrogen-bond donors (Lipinski definition) is 1. The van der Waals surface area contributed by atoms with Gasteiger partial charge in [-0.2, -0.15) is 0 Å². The predicted octanol–water partition coefficient (Wildman–Crippen LogP) is -1.11. The molecule has 0 aliphatic carbocycles. The molecule has 0 radical (unpaired) electrons. The fraction of sp³-hybridized carbons (Fsp3) is 0.444. The van der Waals surface area contributed by atoms with Crippen molar-refractivity contribution in [1.29, 1.82) is 0 Å². The van der Waals surface area contributed by atoms with Gasteiger partial charge in [-0.15, -0.1) is 0 Å². The molecule has 1 aliphatic rings. The van der Waals surface area contributed by atoms with Crippen molar-refractivity contribution in [2.45, 2.75) is 13.0 Å². The summed E-state index contributed by atoms with van der Waals surface area (Å²) in [6, 6.07) is -0.843. The SMILES string of the molecule is CN1C=[C+]C=CC1.C[C@H](N)C(=O)[O-]. The van der Waals surface area contributed by atoms with Crippen LogP contribution in [0, 0.1) is 6.08 Å². The van der Waals surface area contributed by atoms with Gasteiger partial charge in [-0.05, 0) is 6.92 Å². The summed E-state index contributed by atoms with van der Waals surface area (Å²) in [4.78, 5) is 11.5. The summed E-state index contributed by atoms with van der Waals surface area (Å²) in [6.07, 6.45) is 8.89. The molecule has 1 aliphatic heterocycles. The average Bonchev–Trinajstić information content (AvgIpc) is 2.06. The molecule has 0 aromatic heterocycles. The van der Waals surface area contributed by atoms with Gasteiger partial charge < -0.3 is 20.5 Å². The van der Waals surface area contributed by atoms with Crippen LogP contribution in [0.25, 0.3) is 0 Å². The second kappa shape index (κ2) is 6.17. The van der Waals surface area contributed by atoms with E-state index in [0.29, 0.717) is 0 Å². The van der Waals surface area contributed by atoms with Crippen LogP contribution in [0.1, 0.15) is 6.92 Å². The number of carbonyl (C=O) groups excluding carboxylic acids is 1. The largest absolute Gasteiger partial charge is 0.548 e. The Labute approximate surface area is 78.3 Å². The molecule has 1 atom stereocenters. The van der Waals surface area contributed by atoms with Gasteiger partial charge in [-0.25, -0.2) is 0 Å². The van der Waals surface area contributed by atoms with Gasteiger partial charge in [0.1, 0.15) is 18.8 Å². The topological polar surface area (TPSA) is 69.4 Å². The van der Waals surface area contributed by atoms with E-state index in [4.69, 9.17) is 5.73 Å². The summed E-state index contributed by atoms with van der Waals surface area (Å²) < 4.78 is 0. The Hall–Kier alpha value is -1.38. The summed E-state index contributed by atoms with van der Waals surface area (Å²) in [5.74, 6) is -1.21. The lowest BCUT2D eigenvalue weighted by Gasteiger charge is -2.04. The van der Waals surface area contributed by atoms with Crippen LogP contribution in [0.3, 0.4) is 0 Å². The molecule has 1 heterocycles. The highest BCUT2D eigenvalue weighted by atomic mass is 16.4. The lowest BCUT2D eigenvalue weighted by atomic mass is 10.4. The number of nitrogens with two attached hydrogens (primary N) is 1. The Morgan fingerprint density at radius 2 is 2.31 bits per heavy atom. The number of allylic oxidation sites excluding steroid dienone is 2. The number of carboxylic acids is 1. The number of aliphatic carboxylic acids is 1. The first kappa shape index (κ1) is 11.6. The average molecular weight is 182 g/mol. The Morgan fingerprint density at radius 3 is 2.46 bits per heavy atom. The third-order valence-corrected chi connectivity index (χ3v) is 1.27. The zero-order valence-corrected chi connectivity index (χ0v) is 7.86. The minimum absolute atomic E-state index is 0.843. The zero-order chi connectivity index (χ0) is 10.3. The van der Waals surface area contributed by atoms with Crippen LogP contribution in [0.4, 0.5) is 0 Å². The molecule has 1 rings (SSSR count).